The molecule has 0 saturated heterocycles. The van der Waals surface area contributed by atoms with Crippen molar-refractivity contribution in [1.82, 2.24) is 4.98 Å². The third-order valence-electron chi connectivity index (χ3n) is 27.1. The Hall–Kier alpha value is -13.0. The van der Waals surface area contributed by atoms with Gasteiger partial charge in [0.1, 0.15) is 23.4 Å². The van der Waals surface area contributed by atoms with Crippen LogP contribution in [0.5, 0.6) is 0 Å². The van der Waals surface area contributed by atoms with Gasteiger partial charge in [-0.3, -0.25) is 14.5 Å². The molecule has 0 N–H and O–H groups in total. The maximum atomic E-state index is 10.0. The van der Waals surface area contributed by atoms with E-state index in [1.165, 1.54) is 219 Å². The Labute approximate surface area is 882 Å². The molecule has 0 atom stereocenters. The average molecular weight is 1960 g/mol. The fourth-order valence-corrected chi connectivity index (χ4v) is 17.4. The number of halogens is 1. The molecule has 0 bridgehead atoms. The summed E-state index contributed by atoms with van der Waals surface area (Å²) in [5.74, 6) is 2.03. The second-order valence-corrected chi connectivity index (χ2v) is 39.3. The Morgan fingerprint density at radius 3 is 1.19 bits per heavy atom. The summed E-state index contributed by atoms with van der Waals surface area (Å²) in [7, 11) is 7.00. The number of aldehydes is 1. The monoisotopic (exact) mass is 1960 g/mol. The van der Waals surface area contributed by atoms with E-state index in [4.69, 9.17) is 19.6 Å². The van der Waals surface area contributed by atoms with Gasteiger partial charge in [0.2, 0.25) is 0 Å². The van der Waals surface area contributed by atoms with Crippen molar-refractivity contribution in [3.63, 3.8) is 0 Å². The number of furan rings is 2. The molecule has 3 radical (unpaired) electrons. The van der Waals surface area contributed by atoms with E-state index in [1.54, 1.807) is 29.7 Å². The number of fused-ring (bicyclic) bond motifs is 9. The first-order valence-electron chi connectivity index (χ1n) is 48.9. The molecule has 5 heterocycles. The number of pyridine rings is 1. The number of benzene rings is 14. The van der Waals surface area contributed by atoms with E-state index < -0.39 is 0 Å². The molecule has 10 heteroatoms. The molecule has 757 valence electrons. The molecule has 1 aliphatic rings. The number of carbonyl (C=O) groups excluding carboxylic acids is 1. The average Bonchev–Trinajstić information content (AvgIpc) is 1.58. The Morgan fingerprint density at radius 2 is 0.778 bits per heavy atom. The van der Waals surface area contributed by atoms with Gasteiger partial charge < -0.3 is 8.83 Å². The molecule has 5 aromatic heterocycles. The van der Waals surface area contributed by atoms with Gasteiger partial charge in [0.25, 0.3) is 1.45 Å². The molecule has 0 amide bonds. The van der Waals surface area contributed by atoms with E-state index in [0.717, 1.165) is 40.9 Å². The van der Waals surface area contributed by atoms with Crippen LogP contribution in [0.4, 0.5) is 4.72 Å². The quantitative estimate of drug-likeness (QED) is 0.0980. The van der Waals surface area contributed by atoms with Gasteiger partial charge >= 0.3 is 12.4 Å². The number of carbonyl (C=O) groups is 1. The summed E-state index contributed by atoms with van der Waals surface area (Å²) in [4.78, 5) is 17.2. The SMILES string of the molecule is C.C.C.C.CC(C)=C(C)C.CCc1ccccc1C.Cc1c(C)c(C)c(C)c(C)c1C.Cc1cc2c(cc1C)C(C)(C)c1ccccc1-2.Cc1cc2ccccc2cc1C.Cc1cc2cccnc2cc1C.Cc1ccc2ccccc2c1C.Cc1ccc2ccccc2c1C.Cc1ccoc1C.Cc1ccsc1C.Cc1oc2ccccc2c1C.Cc1sc2ccccc2c1C.O=Cc1ccccc1.[3H]F.[3H][B].[B]=O. The number of hydrogen-bond acceptors (Lipinski definition) is 7. The van der Waals surface area contributed by atoms with Crippen LogP contribution < -0.4 is 0 Å². The number of hydrogen-bond donors (Lipinski definition) is 0. The van der Waals surface area contributed by atoms with E-state index in [1.807, 2.05) is 86.8 Å². The van der Waals surface area contributed by atoms with E-state index in [9.17, 15) is 4.79 Å². The van der Waals surface area contributed by atoms with Crippen LogP contribution in [0.15, 0.2) is 323 Å². The molecule has 20 rings (SSSR count). The molecule has 19 aromatic rings. The van der Waals surface area contributed by atoms with Crippen molar-refractivity contribution in [2.24, 2.45) is 0 Å². The maximum absolute atomic E-state index is 10.0. The zero-order valence-corrected chi connectivity index (χ0v) is 91.2. The third kappa shape index (κ3) is 36.4. The van der Waals surface area contributed by atoms with Crippen LogP contribution in [-0.4, -0.2) is 30.1 Å². The van der Waals surface area contributed by atoms with Gasteiger partial charge in [0, 0.05) is 50.8 Å². The van der Waals surface area contributed by atoms with E-state index >= 15 is 0 Å². The zero-order chi connectivity index (χ0) is 106. The fourth-order valence-electron chi connectivity index (χ4n) is 15.6. The molecule has 0 spiro atoms. The first-order chi connectivity index (χ1) is 67.7. The second kappa shape index (κ2) is 63.2. The summed E-state index contributed by atoms with van der Waals surface area (Å²) in [5.41, 5.74) is 42.2. The first-order valence-corrected chi connectivity index (χ1v) is 49.6. The number of para-hydroxylation sites is 1. The normalized spacial score (nSPS) is 10.3. The Balaban J connectivity index is 0.000000791. The Bertz CT molecular complexity index is 6700. The summed E-state index contributed by atoms with van der Waals surface area (Å²) in [6, 6.07) is 98.9. The van der Waals surface area contributed by atoms with Crippen LogP contribution in [0.25, 0.3) is 75.4 Å². The number of nitrogens with zero attached hydrogens (tertiary/aromatic N) is 1. The van der Waals surface area contributed by atoms with Gasteiger partial charge in [-0.25, -0.2) is 0 Å². The van der Waals surface area contributed by atoms with Crippen molar-refractivity contribution in [1.29, 1.82) is 2.79 Å². The van der Waals surface area contributed by atoms with E-state index in [2.05, 4.69) is 453 Å². The third-order valence-corrected chi connectivity index (χ3v) is 29.2. The molecular weight excluding hydrogens is 1790 g/mol. The molecule has 14 aromatic carbocycles. The molecular formula is C134H167B2FNO4S2. The van der Waals surface area contributed by atoms with Gasteiger partial charge in [-0.2, -0.15) is 0 Å². The van der Waals surface area contributed by atoms with Crippen molar-refractivity contribution >= 4 is 109 Å². The summed E-state index contributed by atoms with van der Waals surface area (Å²) < 4.78 is 37.9. The van der Waals surface area contributed by atoms with Crippen LogP contribution in [0.2, 0.25) is 0 Å². The van der Waals surface area contributed by atoms with Crippen LogP contribution in [0.1, 0.15) is 243 Å². The van der Waals surface area contributed by atoms with Gasteiger partial charge in [-0.1, -0.05) is 304 Å². The number of thiophene rings is 2. The summed E-state index contributed by atoms with van der Waals surface area (Å²) in [6.45, 7) is 69.1. The minimum absolute atomic E-state index is 0. The van der Waals surface area contributed by atoms with Crippen LogP contribution >= 0.6 is 22.7 Å². The van der Waals surface area contributed by atoms with Crippen LogP contribution in [0, 0.1) is 173 Å². The van der Waals surface area contributed by atoms with Crippen molar-refractivity contribution in [3.8, 4) is 11.1 Å². The molecule has 0 fully saturated rings. The van der Waals surface area contributed by atoms with Gasteiger partial charge in [0.05, 0.1) is 11.8 Å². The molecule has 144 heavy (non-hydrogen) atoms. The van der Waals surface area contributed by atoms with Crippen LogP contribution in [-0.2, 0) is 16.5 Å². The van der Waals surface area contributed by atoms with Gasteiger partial charge in [-0.15, -0.1) is 22.7 Å². The molecule has 0 aliphatic heterocycles. The number of rotatable bonds is 2. The molecule has 1 aliphatic carbocycles. The van der Waals surface area contributed by atoms with E-state index in [0.29, 0.717) is 0 Å². The summed E-state index contributed by atoms with van der Waals surface area (Å²) >= 11 is 3.68. The number of aryl methyl sites for hydroxylation is 20. The van der Waals surface area contributed by atoms with E-state index in [-0.39, 0.29) is 35.1 Å². The predicted octanol–water partition coefficient (Wildman–Crippen LogP) is 40.2. The van der Waals surface area contributed by atoms with Gasteiger partial charge in [-0.05, 0) is 439 Å². The first kappa shape index (κ1) is 125. The topological polar surface area (TPSA) is 73.3 Å². The molecule has 0 unspecified atom stereocenters. The van der Waals surface area contributed by atoms with Gasteiger partial charge in [0.15, 0.2) is 0 Å². The van der Waals surface area contributed by atoms with Crippen LogP contribution in [0.3, 0.4) is 0 Å². The molecule has 5 nitrogen and oxygen atoms in total. The molecule has 0 saturated carbocycles. The standard InChI is InChI=1S/C17H18.3C12H12.C12H18.C11H11N.C10H10O.C10H10S.C9H12.C7H6O.C6H8O.C6H8S.C6H12.4CH4.BO.BH.FH/c1-11-9-14-13-7-5-6-8-15(13)17(3,4)16(14)10-12(11)2;1-9-7-11-5-3-4-6-12(11)8-10(9)2;2*1-9-7-8-11-5-3-4-6-12(11)10(9)2;1-7-8(2)10(4)12(6)11(5)9(7)3;1-8-6-10-4-3-5-12-11(10)7-9(8)2;2*1-7-8(2)11-10-6-4-3-5-9(7)10;1-3-9-7-5-4-6-8(9)2;8-6-7-4-2-1-3-5-7;2*1-5-3-4-7-6(5)2;1-5(2)6(3)4;;;;;1-2;;/h5-10H,1-4H3;3*3-8H,1-2H3;1-6H3;3-7H,1-2H3;2*3-6H,1-2H3;4-7H,3H2,1-2H3;1-6H;2*3-4H,1-2H3;1-4H3;4*1H4;;2*1H/i;;;;;;;;;;;;;;;;;;1T;/hT. The summed E-state index contributed by atoms with van der Waals surface area (Å²) in [6.07, 6.45) is 5.51. The fraction of sp³-hybridized carbons (Fsp3) is 0.284. The number of allylic oxidation sites excluding steroid dienone is 2. The van der Waals surface area contributed by atoms with Crippen molar-refractivity contribution < 1.29 is 23.1 Å². The zero-order valence-electron chi connectivity index (χ0n) is 91.6. The summed E-state index contributed by atoms with van der Waals surface area (Å²) in [5, 5.41) is 14.1. The second-order valence-electron chi connectivity index (χ2n) is 37.0. The van der Waals surface area contributed by atoms with Crippen molar-refractivity contribution in [2.45, 2.75) is 263 Å². The minimum atomic E-state index is 0. The van der Waals surface area contributed by atoms with Crippen molar-refractivity contribution in [3.05, 3.63) is 474 Å². The predicted molar refractivity (Wildman–Crippen MR) is 644 cm³/mol. The van der Waals surface area contributed by atoms with Crippen molar-refractivity contribution in [2.75, 3.05) is 0 Å². The number of aromatic nitrogens is 1. The Morgan fingerprint density at radius 1 is 0.361 bits per heavy atom. The Kier molecular flexibility index (Phi) is 55.0.